The van der Waals surface area contributed by atoms with E-state index in [-0.39, 0.29) is 12.8 Å². The third kappa shape index (κ3) is 15.5. The zero-order chi connectivity index (χ0) is 55.3. The van der Waals surface area contributed by atoms with Crippen LogP contribution in [0.4, 0.5) is 0 Å². The Morgan fingerprint density at radius 2 is 1.46 bits per heavy atom. The van der Waals surface area contributed by atoms with Crippen molar-refractivity contribution < 1.29 is 72.0 Å². The molecule has 11 atom stereocenters. The number of amides is 7. The lowest BCUT2D eigenvalue weighted by molar-refractivity contribution is -0.179. The molecule has 2 rings (SSSR count). The summed E-state index contributed by atoms with van der Waals surface area (Å²) < 4.78 is 23.6. The summed E-state index contributed by atoms with van der Waals surface area (Å²) in [5.74, 6) is -11.9. The number of hydrogen-bond donors (Lipinski definition) is 5. The Hall–Kier alpha value is -6.42. The third-order valence-corrected chi connectivity index (χ3v) is 12.6. The molecule has 0 radical (unpaired) electrons. The minimum atomic E-state index is -2.36. The largest absolute Gasteiger partial charge is 0.458 e. The Bertz CT molecular complexity index is 2150. The highest BCUT2D eigenvalue weighted by Gasteiger charge is 2.53. The number of methoxy groups -OCH3 is 1. The Kier molecular flexibility index (Phi) is 23.0. The van der Waals surface area contributed by atoms with Gasteiger partial charge in [0.1, 0.15) is 30.0 Å². The van der Waals surface area contributed by atoms with Gasteiger partial charge in [0.2, 0.25) is 23.6 Å². The van der Waals surface area contributed by atoms with Crippen LogP contribution in [0.15, 0.2) is 42.6 Å². The molecular formula is C50H77N7O15. The summed E-state index contributed by atoms with van der Waals surface area (Å²) in [4.78, 5) is 143. The summed E-state index contributed by atoms with van der Waals surface area (Å²) in [5, 5.41) is 21.2. The smallest absolute Gasteiger partial charge is 0.333 e. The van der Waals surface area contributed by atoms with Gasteiger partial charge in [-0.1, -0.05) is 85.4 Å². The van der Waals surface area contributed by atoms with Gasteiger partial charge in [0.15, 0.2) is 29.8 Å². The first-order valence-corrected chi connectivity index (χ1v) is 23.9. The fraction of sp³-hybridized carbons (Fsp3) is 0.640. The van der Waals surface area contributed by atoms with E-state index >= 15 is 4.79 Å². The molecule has 72 heavy (non-hydrogen) atoms. The van der Waals surface area contributed by atoms with E-state index in [1.54, 1.807) is 71.9 Å². The molecule has 0 aromatic heterocycles. The lowest BCUT2D eigenvalue weighted by atomic mass is 9.84. The summed E-state index contributed by atoms with van der Waals surface area (Å²) >= 11 is 0. The minimum Gasteiger partial charge on any atom is -0.458 e. The van der Waals surface area contributed by atoms with E-state index in [1.807, 2.05) is 0 Å². The second-order valence-electron chi connectivity index (χ2n) is 19.3. The van der Waals surface area contributed by atoms with Crippen LogP contribution >= 0.6 is 0 Å². The maximum atomic E-state index is 15.4. The predicted octanol–water partition coefficient (Wildman–Crippen LogP) is 0.767. The van der Waals surface area contributed by atoms with Crippen LogP contribution in [0, 0.1) is 17.8 Å². The molecule has 1 heterocycles. The van der Waals surface area contributed by atoms with Gasteiger partial charge in [-0.15, -0.1) is 0 Å². The van der Waals surface area contributed by atoms with Crippen molar-refractivity contribution in [3.8, 4) is 0 Å². The molecule has 0 unspecified atom stereocenters. The molecule has 22 heteroatoms. The summed E-state index contributed by atoms with van der Waals surface area (Å²) in [7, 11) is 4.89. The number of carbonyl (C=O) groups excluding carboxylic acids is 10. The highest BCUT2D eigenvalue weighted by atomic mass is 16.6. The first-order valence-electron chi connectivity index (χ1n) is 23.9. The summed E-state index contributed by atoms with van der Waals surface area (Å²) in [6.07, 6.45) is -7.85. The van der Waals surface area contributed by atoms with Crippen molar-refractivity contribution in [2.24, 2.45) is 17.8 Å². The molecule has 7 amide bonds. The average Bonchev–Trinajstić information content (AvgIpc) is 3.32. The Morgan fingerprint density at radius 1 is 0.875 bits per heavy atom. The van der Waals surface area contributed by atoms with E-state index in [9.17, 15) is 48.3 Å². The SMILES string of the molecule is C=C1C(=O)N[C@@H](C)C(=O)N(C)[C@@H](C)C(=O)N[C@](C)([C@@H](OC(=O)[C@@H](NC(=O)CC)[C@H](O)C(C)C)C(C)C)C(=O)N(C)[C@@H]([C@H](C)OC)C(=O)O[C@H](C(C)C)[C@H](NC(C)=O)C(=O)O[C@H](Cc2ccccc2)C(=O)N1C. The number of esters is 3. The molecule has 1 aromatic carbocycles. The molecule has 1 aromatic rings. The molecule has 1 fully saturated rings. The van der Waals surface area contributed by atoms with Crippen LogP contribution in [-0.2, 0) is 73.3 Å². The number of ether oxygens (including phenoxy) is 4. The van der Waals surface area contributed by atoms with Gasteiger partial charge in [-0.2, -0.15) is 0 Å². The molecule has 1 aliphatic rings. The number of nitrogens with zero attached hydrogens (tertiary/aromatic N) is 3. The van der Waals surface area contributed by atoms with E-state index in [0.29, 0.717) is 5.56 Å². The molecule has 402 valence electrons. The van der Waals surface area contributed by atoms with Crippen LogP contribution in [-0.4, -0.2) is 174 Å². The van der Waals surface area contributed by atoms with Gasteiger partial charge < -0.3 is 60.0 Å². The van der Waals surface area contributed by atoms with Crippen LogP contribution in [0.5, 0.6) is 0 Å². The van der Waals surface area contributed by atoms with Crippen molar-refractivity contribution in [2.45, 2.75) is 162 Å². The van der Waals surface area contributed by atoms with Crippen molar-refractivity contribution in [3.05, 3.63) is 48.2 Å². The molecular weight excluding hydrogens is 939 g/mol. The molecule has 1 saturated heterocycles. The maximum Gasteiger partial charge on any atom is 0.333 e. The van der Waals surface area contributed by atoms with Crippen molar-refractivity contribution in [1.29, 1.82) is 0 Å². The van der Waals surface area contributed by atoms with Gasteiger partial charge in [-0.05, 0) is 51.0 Å². The topological polar surface area (TPSA) is 286 Å². The number of rotatable bonds is 14. The number of nitrogens with one attached hydrogen (secondary N) is 4. The van der Waals surface area contributed by atoms with Crippen LogP contribution in [0.1, 0.15) is 95.1 Å². The molecule has 0 bridgehead atoms. The zero-order valence-corrected chi connectivity index (χ0v) is 44.5. The number of aliphatic hydroxyl groups excluding tert-OH is 1. The number of likely N-dealkylation sites (N-methyl/N-ethyl adjacent to an activating group) is 3. The summed E-state index contributed by atoms with van der Waals surface area (Å²) in [6.45, 7) is 21.2. The summed E-state index contributed by atoms with van der Waals surface area (Å²) in [5.41, 5.74) is -2.31. The lowest BCUT2D eigenvalue weighted by Gasteiger charge is -2.44. The van der Waals surface area contributed by atoms with Crippen LogP contribution in [0.25, 0.3) is 0 Å². The number of aliphatic hydroxyl groups is 1. The minimum absolute atomic E-state index is 0.0640. The van der Waals surface area contributed by atoms with Gasteiger partial charge in [-0.25, -0.2) is 14.4 Å². The number of cyclic esters (lactones) is 2. The van der Waals surface area contributed by atoms with E-state index in [0.717, 1.165) is 21.6 Å². The highest BCUT2D eigenvalue weighted by Crippen LogP contribution is 2.28. The molecule has 0 spiro atoms. The van der Waals surface area contributed by atoms with E-state index in [4.69, 9.17) is 18.9 Å². The summed E-state index contributed by atoms with van der Waals surface area (Å²) in [6, 6.07) is 0.485. The van der Waals surface area contributed by atoms with Gasteiger partial charge in [0, 0.05) is 48.0 Å². The Balaban J connectivity index is 3.03. The molecule has 0 aliphatic carbocycles. The number of hydrogen-bond acceptors (Lipinski definition) is 15. The van der Waals surface area contributed by atoms with Crippen molar-refractivity contribution >= 4 is 59.3 Å². The number of carbonyl (C=O) groups is 10. The Morgan fingerprint density at radius 3 is 1.96 bits per heavy atom. The fourth-order valence-corrected chi connectivity index (χ4v) is 7.98. The fourth-order valence-electron chi connectivity index (χ4n) is 7.98. The van der Waals surface area contributed by atoms with Gasteiger partial charge in [0.25, 0.3) is 17.7 Å². The Labute approximate surface area is 422 Å². The first-order chi connectivity index (χ1) is 33.4. The second-order valence-corrected chi connectivity index (χ2v) is 19.3. The van der Waals surface area contributed by atoms with Crippen LogP contribution < -0.4 is 21.3 Å². The first kappa shape index (κ1) is 61.7. The van der Waals surface area contributed by atoms with Crippen molar-refractivity contribution in [1.82, 2.24) is 36.0 Å². The van der Waals surface area contributed by atoms with Crippen molar-refractivity contribution in [2.75, 3.05) is 28.3 Å². The lowest BCUT2D eigenvalue weighted by Crippen LogP contribution is -2.70. The van der Waals surface area contributed by atoms with E-state index in [1.165, 1.54) is 62.9 Å². The third-order valence-electron chi connectivity index (χ3n) is 12.6. The van der Waals surface area contributed by atoms with Crippen molar-refractivity contribution in [3.63, 3.8) is 0 Å². The van der Waals surface area contributed by atoms with Gasteiger partial charge in [0.05, 0.1) is 12.2 Å². The quantitative estimate of drug-likeness (QED) is 0.0978. The maximum absolute atomic E-state index is 15.4. The highest BCUT2D eigenvalue weighted by molar-refractivity contribution is 6.01. The molecule has 0 saturated carbocycles. The van der Waals surface area contributed by atoms with Crippen LogP contribution in [0.3, 0.4) is 0 Å². The average molecular weight is 1020 g/mol. The van der Waals surface area contributed by atoms with Gasteiger partial charge >= 0.3 is 17.9 Å². The monoisotopic (exact) mass is 1020 g/mol. The van der Waals surface area contributed by atoms with Gasteiger partial charge in [-0.3, -0.25) is 33.6 Å². The molecule has 1 aliphatic heterocycles. The number of benzene rings is 1. The van der Waals surface area contributed by atoms with E-state index < -0.39 is 149 Å². The predicted molar refractivity (Wildman–Crippen MR) is 261 cm³/mol. The normalized spacial score (nSPS) is 25.6. The second kappa shape index (κ2) is 26.9. The zero-order valence-electron chi connectivity index (χ0n) is 44.5. The molecule has 5 N–H and O–H groups in total. The van der Waals surface area contributed by atoms with E-state index in [2.05, 4.69) is 27.8 Å². The standard InChI is InChI=1S/C50H77N7O15/c1-18-35(59)53-36(39(60)25(2)3)46(65)72-41(27(6)7)50(13)49(68)57(16)38(31(11)69-17)48(67)71-40(26(4)5)37(52-32(12)58)47(66)70-34(24-33-22-20-19-21-23-33)45(64)56(15)29(9)42(61)51-28(8)44(63)55(14)30(10)43(62)54-50/h19-23,25-28,30-31,34,36-41,60H,9,18,24H2,1-8,10-17H3,(H,51,61)(H,52,58)(H,53,59)(H,54,62)/t28-,30-,31-,34+,36-,37-,38-,39+,40+,41-,50+/m0/s1. The molecule has 22 nitrogen and oxygen atoms in total. The van der Waals surface area contributed by atoms with Crippen LogP contribution in [0.2, 0.25) is 0 Å².